The van der Waals surface area contributed by atoms with E-state index >= 15 is 0 Å². The van der Waals surface area contributed by atoms with Crippen LogP contribution in [0.2, 0.25) is 0 Å². The Bertz CT molecular complexity index is 842. The van der Waals surface area contributed by atoms with Crippen LogP contribution in [0.5, 0.6) is 0 Å². The highest BCUT2D eigenvalue weighted by molar-refractivity contribution is 14.0. The van der Waals surface area contributed by atoms with Crippen LogP contribution >= 0.6 is 24.0 Å². The molecular formula is C20H24FIN4. The number of aliphatic imine (C=N–C) groups is 1. The Kier molecular flexibility index (Phi) is 7.90. The maximum Gasteiger partial charge on any atom is 0.191 e. The molecule has 0 bridgehead atoms. The molecule has 1 aromatic heterocycles. The number of rotatable bonds is 6. The highest BCUT2D eigenvalue weighted by atomic mass is 127. The summed E-state index contributed by atoms with van der Waals surface area (Å²) in [6.45, 7) is 1.45. The van der Waals surface area contributed by atoms with Gasteiger partial charge in [0.05, 0.1) is 0 Å². The molecule has 2 aromatic carbocycles. The van der Waals surface area contributed by atoms with Crippen LogP contribution in [0, 0.1) is 5.82 Å². The smallest absolute Gasteiger partial charge is 0.191 e. The van der Waals surface area contributed by atoms with E-state index in [1.807, 2.05) is 6.07 Å². The minimum atomic E-state index is -0.219. The van der Waals surface area contributed by atoms with Crippen molar-refractivity contribution in [2.24, 2.45) is 4.99 Å². The van der Waals surface area contributed by atoms with Gasteiger partial charge in [0.2, 0.25) is 0 Å². The molecule has 1 heterocycles. The summed E-state index contributed by atoms with van der Waals surface area (Å²) < 4.78 is 12.9. The van der Waals surface area contributed by atoms with Crippen LogP contribution in [0.3, 0.4) is 0 Å². The zero-order valence-electron chi connectivity index (χ0n) is 14.8. The van der Waals surface area contributed by atoms with Gasteiger partial charge in [-0.15, -0.1) is 24.0 Å². The van der Waals surface area contributed by atoms with Gasteiger partial charge in [-0.25, -0.2) is 4.39 Å². The molecule has 3 aromatic rings. The van der Waals surface area contributed by atoms with Gasteiger partial charge in [0.25, 0.3) is 0 Å². The summed E-state index contributed by atoms with van der Waals surface area (Å²) in [4.78, 5) is 7.53. The zero-order valence-corrected chi connectivity index (χ0v) is 17.1. The molecule has 0 radical (unpaired) electrons. The Morgan fingerprint density at radius 1 is 1.08 bits per heavy atom. The number of fused-ring (bicyclic) bond motifs is 1. The van der Waals surface area contributed by atoms with Gasteiger partial charge >= 0.3 is 0 Å². The van der Waals surface area contributed by atoms with Gasteiger partial charge in [-0.05, 0) is 42.2 Å². The standard InChI is InChI=1S/C20H23FN4.HI/c1-22-20(25-13-15-8-10-17(21)11-9-15)23-12-4-5-16-14-24-19-7-3-2-6-18(16)19;/h2-3,6-11,14,24H,4-5,12-13H2,1H3,(H2,22,23,25);1H. The topological polar surface area (TPSA) is 52.2 Å². The third kappa shape index (κ3) is 5.45. The first-order chi connectivity index (χ1) is 12.3. The molecule has 0 fully saturated rings. The van der Waals surface area contributed by atoms with Gasteiger partial charge in [-0.2, -0.15) is 0 Å². The lowest BCUT2D eigenvalue weighted by molar-refractivity contribution is 0.626. The molecule has 3 N–H and O–H groups in total. The maximum absolute atomic E-state index is 12.9. The molecule has 0 saturated carbocycles. The lowest BCUT2D eigenvalue weighted by Crippen LogP contribution is -2.37. The van der Waals surface area contributed by atoms with Crippen LogP contribution in [-0.2, 0) is 13.0 Å². The third-order valence-electron chi connectivity index (χ3n) is 4.19. The molecule has 0 amide bonds. The predicted molar refractivity (Wildman–Crippen MR) is 117 cm³/mol. The molecule has 0 aliphatic rings. The number of hydrogen-bond acceptors (Lipinski definition) is 1. The average Bonchev–Trinajstić information content (AvgIpc) is 3.06. The molecule has 4 nitrogen and oxygen atoms in total. The van der Waals surface area contributed by atoms with Gasteiger partial charge in [-0.3, -0.25) is 4.99 Å². The quantitative estimate of drug-likeness (QED) is 0.221. The van der Waals surface area contributed by atoms with E-state index in [9.17, 15) is 4.39 Å². The fraction of sp³-hybridized carbons (Fsp3) is 0.250. The van der Waals surface area contributed by atoms with Crippen LogP contribution in [0.1, 0.15) is 17.5 Å². The van der Waals surface area contributed by atoms with Crippen molar-refractivity contribution in [1.29, 1.82) is 0 Å². The van der Waals surface area contributed by atoms with E-state index in [0.29, 0.717) is 6.54 Å². The second-order valence-corrected chi connectivity index (χ2v) is 5.94. The fourth-order valence-electron chi connectivity index (χ4n) is 2.83. The maximum atomic E-state index is 12.9. The summed E-state index contributed by atoms with van der Waals surface area (Å²) in [6.07, 6.45) is 4.11. The molecule has 138 valence electrons. The van der Waals surface area contributed by atoms with Crippen molar-refractivity contribution in [1.82, 2.24) is 15.6 Å². The number of guanidine groups is 1. The SMILES string of the molecule is CN=C(NCCCc1c[nH]c2ccccc12)NCc1ccc(F)cc1.I. The van der Waals surface area contributed by atoms with E-state index in [4.69, 9.17) is 0 Å². The van der Waals surface area contributed by atoms with Crippen molar-refractivity contribution in [2.75, 3.05) is 13.6 Å². The van der Waals surface area contributed by atoms with Crippen LogP contribution in [-0.4, -0.2) is 24.5 Å². The summed E-state index contributed by atoms with van der Waals surface area (Å²) >= 11 is 0. The summed E-state index contributed by atoms with van der Waals surface area (Å²) in [5.74, 6) is 0.534. The number of H-pyrrole nitrogens is 1. The lowest BCUT2D eigenvalue weighted by atomic mass is 10.1. The molecule has 26 heavy (non-hydrogen) atoms. The Labute approximate surface area is 170 Å². The van der Waals surface area contributed by atoms with Crippen molar-refractivity contribution in [3.05, 3.63) is 71.7 Å². The van der Waals surface area contributed by atoms with Gasteiger partial charge in [0.15, 0.2) is 5.96 Å². The first-order valence-corrected chi connectivity index (χ1v) is 8.50. The summed E-state index contributed by atoms with van der Waals surface area (Å²) in [7, 11) is 1.75. The van der Waals surface area contributed by atoms with E-state index in [1.54, 1.807) is 19.2 Å². The average molecular weight is 466 g/mol. The van der Waals surface area contributed by atoms with Gasteiger partial charge in [0, 0.05) is 37.2 Å². The molecule has 0 aliphatic carbocycles. The Morgan fingerprint density at radius 3 is 2.62 bits per heavy atom. The van der Waals surface area contributed by atoms with Crippen LogP contribution in [0.15, 0.2) is 59.7 Å². The Balaban J connectivity index is 0.00000243. The number of benzene rings is 2. The minimum Gasteiger partial charge on any atom is -0.361 e. The van der Waals surface area contributed by atoms with Crippen molar-refractivity contribution in [3.8, 4) is 0 Å². The minimum absolute atomic E-state index is 0. The normalized spacial score (nSPS) is 11.2. The summed E-state index contributed by atoms with van der Waals surface area (Å²) in [5.41, 5.74) is 3.54. The first-order valence-electron chi connectivity index (χ1n) is 8.50. The molecule has 0 spiro atoms. The molecule has 0 aliphatic heterocycles. The number of nitrogens with one attached hydrogen (secondary N) is 3. The number of para-hydroxylation sites is 1. The third-order valence-corrected chi connectivity index (χ3v) is 4.19. The fourth-order valence-corrected chi connectivity index (χ4v) is 2.83. The molecule has 0 unspecified atom stereocenters. The number of aromatic nitrogens is 1. The number of aromatic amines is 1. The first kappa shape index (κ1) is 20.2. The van der Waals surface area contributed by atoms with Gasteiger partial charge in [-0.1, -0.05) is 30.3 Å². The van der Waals surface area contributed by atoms with E-state index < -0.39 is 0 Å². The Morgan fingerprint density at radius 2 is 1.85 bits per heavy atom. The van der Waals surface area contributed by atoms with Crippen molar-refractivity contribution in [3.63, 3.8) is 0 Å². The van der Waals surface area contributed by atoms with Gasteiger partial charge in [0.1, 0.15) is 5.82 Å². The van der Waals surface area contributed by atoms with Crippen molar-refractivity contribution < 1.29 is 4.39 Å². The van der Waals surface area contributed by atoms with Gasteiger partial charge < -0.3 is 15.6 Å². The van der Waals surface area contributed by atoms with Crippen LogP contribution in [0.25, 0.3) is 10.9 Å². The highest BCUT2D eigenvalue weighted by Gasteiger charge is 2.03. The van der Waals surface area contributed by atoms with E-state index in [-0.39, 0.29) is 29.8 Å². The van der Waals surface area contributed by atoms with Crippen LogP contribution < -0.4 is 10.6 Å². The number of halogens is 2. The molecule has 0 saturated heterocycles. The summed E-state index contributed by atoms with van der Waals surface area (Å²) in [5, 5.41) is 7.85. The van der Waals surface area contributed by atoms with Crippen LogP contribution in [0.4, 0.5) is 4.39 Å². The second kappa shape index (κ2) is 10.2. The highest BCUT2D eigenvalue weighted by Crippen LogP contribution is 2.18. The zero-order chi connectivity index (χ0) is 17.5. The van der Waals surface area contributed by atoms with E-state index in [1.165, 1.54) is 28.6 Å². The largest absolute Gasteiger partial charge is 0.361 e. The van der Waals surface area contributed by atoms with E-state index in [0.717, 1.165) is 30.9 Å². The molecule has 0 atom stereocenters. The molecular weight excluding hydrogens is 442 g/mol. The van der Waals surface area contributed by atoms with E-state index in [2.05, 4.69) is 45.0 Å². The molecule has 3 rings (SSSR count). The monoisotopic (exact) mass is 466 g/mol. The number of hydrogen-bond donors (Lipinski definition) is 3. The van der Waals surface area contributed by atoms with Crippen molar-refractivity contribution >= 4 is 40.8 Å². The number of nitrogens with zero attached hydrogens (tertiary/aromatic N) is 1. The number of aryl methyl sites for hydroxylation is 1. The predicted octanol–water partition coefficient (Wildman–Crippen LogP) is 4.22. The summed E-state index contributed by atoms with van der Waals surface area (Å²) in [6, 6.07) is 14.8. The molecule has 6 heteroatoms. The second-order valence-electron chi connectivity index (χ2n) is 5.94. The lowest BCUT2D eigenvalue weighted by Gasteiger charge is -2.12. The van der Waals surface area contributed by atoms with Crippen molar-refractivity contribution in [2.45, 2.75) is 19.4 Å². The Hall–Kier alpha value is -2.09.